The minimum absolute atomic E-state index is 0.0610. The minimum Gasteiger partial charge on any atom is -0.453 e. The number of anilines is 2. The number of hydrogen-bond acceptors (Lipinski definition) is 3. The summed E-state index contributed by atoms with van der Waals surface area (Å²) in [5.41, 5.74) is 2.29. The molecule has 4 nitrogen and oxygen atoms in total. The summed E-state index contributed by atoms with van der Waals surface area (Å²) in [6, 6.07) is 13.6. The molecule has 1 atom stereocenters. The largest absolute Gasteiger partial charge is 0.453 e. The van der Waals surface area contributed by atoms with Crippen LogP contribution in [0.4, 0.5) is 20.6 Å². The van der Waals surface area contributed by atoms with Crippen molar-refractivity contribution in [3.63, 3.8) is 0 Å². The van der Waals surface area contributed by atoms with E-state index in [1.807, 2.05) is 25.1 Å². The lowest BCUT2D eigenvalue weighted by molar-refractivity contribution is 0.187. The van der Waals surface area contributed by atoms with Crippen LogP contribution in [0.25, 0.3) is 0 Å². The molecular weight excluding hydrogens is 271 g/mol. The molecule has 0 heterocycles. The van der Waals surface area contributed by atoms with Crippen molar-refractivity contribution in [1.29, 1.82) is 0 Å². The number of ether oxygens (including phenoxy) is 1. The van der Waals surface area contributed by atoms with Crippen molar-refractivity contribution in [3.8, 4) is 0 Å². The van der Waals surface area contributed by atoms with Crippen molar-refractivity contribution in [2.45, 2.75) is 13.0 Å². The molecule has 1 unspecified atom stereocenters. The number of rotatable bonds is 4. The van der Waals surface area contributed by atoms with Crippen molar-refractivity contribution in [1.82, 2.24) is 0 Å². The molecule has 0 fully saturated rings. The SMILES string of the molecule is COC(=O)Nc1cccc(NC(C)c2cccc(F)c2)c1. The summed E-state index contributed by atoms with van der Waals surface area (Å²) in [6.07, 6.45) is -0.523. The number of benzene rings is 2. The van der Waals surface area contributed by atoms with E-state index in [1.165, 1.54) is 19.2 Å². The molecule has 0 saturated heterocycles. The van der Waals surface area contributed by atoms with Crippen LogP contribution in [0.1, 0.15) is 18.5 Å². The number of amides is 1. The van der Waals surface area contributed by atoms with E-state index in [-0.39, 0.29) is 11.9 Å². The number of methoxy groups -OCH3 is 1. The molecule has 0 spiro atoms. The third kappa shape index (κ3) is 4.21. The monoisotopic (exact) mass is 288 g/mol. The summed E-state index contributed by atoms with van der Waals surface area (Å²) in [5, 5.41) is 5.85. The summed E-state index contributed by atoms with van der Waals surface area (Å²) in [5.74, 6) is -0.262. The highest BCUT2D eigenvalue weighted by Crippen LogP contribution is 2.22. The van der Waals surface area contributed by atoms with Gasteiger partial charge in [-0.05, 0) is 42.8 Å². The quantitative estimate of drug-likeness (QED) is 0.887. The Morgan fingerprint density at radius 3 is 2.57 bits per heavy atom. The second-order valence-corrected chi connectivity index (χ2v) is 4.62. The van der Waals surface area contributed by atoms with Gasteiger partial charge in [0, 0.05) is 17.4 Å². The summed E-state index contributed by atoms with van der Waals surface area (Å²) in [4.78, 5) is 11.2. The fourth-order valence-corrected chi connectivity index (χ4v) is 1.96. The van der Waals surface area contributed by atoms with Crippen molar-refractivity contribution in [2.75, 3.05) is 17.7 Å². The fourth-order valence-electron chi connectivity index (χ4n) is 1.96. The van der Waals surface area contributed by atoms with E-state index in [1.54, 1.807) is 18.2 Å². The highest BCUT2D eigenvalue weighted by atomic mass is 19.1. The van der Waals surface area contributed by atoms with Crippen LogP contribution >= 0.6 is 0 Å². The fraction of sp³-hybridized carbons (Fsp3) is 0.188. The Bertz CT molecular complexity index is 631. The summed E-state index contributed by atoms with van der Waals surface area (Å²) in [6.45, 7) is 1.94. The Balaban J connectivity index is 2.08. The summed E-state index contributed by atoms with van der Waals surface area (Å²) in [7, 11) is 1.31. The molecule has 0 bridgehead atoms. The van der Waals surface area contributed by atoms with Gasteiger partial charge in [0.1, 0.15) is 5.82 Å². The van der Waals surface area contributed by atoms with Gasteiger partial charge in [-0.25, -0.2) is 9.18 Å². The van der Waals surface area contributed by atoms with Gasteiger partial charge in [0.15, 0.2) is 0 Å². The van der Waals surface area contributed by atoms with Crippen LogP contribution in [-0.2, 0) is 4.74 Å². The van der Waals surface area contributed by atoms with E-state index in [0.717, 1.165) is 11.3 Å². The average molecular weight is 288 g/mol. The van der Waals surface area contributed by atoms with Crippen molar-refractivity contribution in [2.24, 2.45) is 0 Å². The van der Waals surface area contributed by atoms with Crippen molar-refractivity contribution >= 4 is 17.5 Å². The van der Waals surface area contributed by atoms with Gasteiger partial charge in [0.2, 0.25) is 0 Å². The molecule has 1 amide bonds. The molecule has 2 N–H and O–H groups in total. The first kappa shape index (κ1) is 14.8. The van der Waals surface area contributed by atoms with E-state index < -0.39 is 6.09 Å². The molecule has 0 radical (unpaired) electrons. The lowest BCUT2D eigenvalue weighted by Gasteiger charge is -2.16. The molecule has 0 aliphatic rings. The molecule has 21 heavy (non-hydrogen) atoms. The van der Waals surface area contributed by atoms with E-state index in [2.05, 4.69) is 15.4 Å². The molecule has 0 aliphatic heterocycles. The second kappa shape index (κ2) is 6.74. The molecule has 0 aromatic heterocycles. The van der Waals surface area contributed by atoms with Crippen LogP contribution in [0.2, 0.25) is 0 Å². The van der Waals surface area contributed by atoms with Crippen LogP contribution in [0.5, 0.6) is 0 Å². The highest BCUT2D eigenvalue weighted by molar-refractivity contribution is 5.85. The van der Waals surface area contributed by atoms with Crippen LogP contribution in [0.15, 0.2) is 48.5 Å². The van der Waals surface area contributed by atoms with E-state index in [9.17, 15) is 9.18 Å². The summed E-state index contributed by atoms with van der Waals surface area (Å²) < 4.78 is 17.8. The second-order valence-electron chi connectivity index (χ2n) is 4.62. The van der Waals surface area contributed by atoms with Gasteiger partial charge in [0.05, 0.1) is 7.11 Å². The van der Waals surface area contributed by atoms with Crippen molar-refractivity contribution in [3.05, 3.63) is 59.9 Å². The number of hydrogen-bond donors (Lipinski definition) is 2. The van der Waals surface area contributed by atoms with Gasteiger partial charge in [-0.2, -0.15) is 0 Å². The van der Waals surface area contributed by atoms with Gasteiger partial charge in [-0.1, -0.05) is 18.2 Å². The number of carbonyl (C=O) groups excluding carboxylic acids is 1. The lowest BCUT2D eigenvalue weighted by atomic mass is 10.1. The zero-order chi connectivity index (χ0) is 15.2. The maximum atomic E-state index is 13.2. The number of carbonyl (C=O) groups is 1. The van der Waals surface area contributed by atoms with Crippen LogP contribution in [0, 0.1) is 5.82 Å². The zero-order valence-electron chi connectivity index (χ0n) is 11.9. The van der Waals surface area contributed by atoms with E-state index in [4.69, 9.17) is 0 Å². The normalized spacial score (nSPS) is 11.6. The number of halogens is 1. The molecule has 2 aromatic rings. The van der Waals surface area contributed by atoms with Crippen molar-refractivity contribution < 1.29 is 13.9 Å². The third-order valence-electron chi connectivity index (χ3n) is 3.03. The molecule has 5 heteroatoms. The Hall–Kier alpha value is -2.56. The van der Waals surface area contributed by atoms with E-state index >= 15 is 0 Å². The molecule has 0 aliphatic carbocycles. The van der Waals surface area contributed by atoms with Gasteiger partial charge >= 0.3 is 6.09 Å². The highest BCUT2D eigenvalue weighted by Gasteiger charge is 2.07. The first-order valence-electron chi connectivity index (χ1n) is 6.55. The van der Waals surface area contributed by atoms with E-state index in [0.29, 0.717) is 5.69 Å². The minimum atomic E-state index is -0.523. The van der Waals surface area contributed by atoms with Gasteiger partial charge in [-0.3, -0.25) is 5.32 Å². The average Bonchev–Trinajstić information content (AvgIpc) is 2.47. The Morgan fingerprint density at radius 1 is 1.14 bits per heavy atom. The zero-order valence-corrected chi connectivity index (χ0v) is 11.9. The van der Waals surface area contributed by atoms with Gasteiger partial charge < -0.3 is 10.1 Å². The first-order valence-corrected chi connectivity index (χ1v) is 6.55. The predicted octanol–water partition coefficient (Wildman–Crippen LogP) is 4.18. The van der Waals surface area contributed by atoms with Gasteiger partial charge in [-0.15, -0.1) is 0 Å². The molecular formula is C16H17FN2O2. The topological polar surface area (TPSA) is 50.4 Å². The molecule has 110 valence electrons. The Labute approximate surface area is 122 Å². The first-order chi connectivity index (χ1) is 10.1. The maximum absolute atomic E-state index is 13.2. The molecule has 2 rings (SSSR count). The smallest absolute Gasteiger partial charge is 0.411 e. The standard InChI is InChI=1S/C16H17FN2O2/c1-11(12-5-3-6-13(17)9-12)18-14-7-4-8-15(10-14)19-16(20)21-2/h3-11,18H,1-2H3,(H,19,20). The predicted molar refractivity (Wildman–Crippen MR) is 80.9 cm³/mol. The van der Waals surface area contributed by atoms with Gasteiger partial charge in [0.25, 0.3) is 0 Å². The summed E-state index contributed by atoms with van der Waals surface area (Å²) >= 11 is 0. The van der Waals surface area contributed by atoms with Crippen LogP contribution < -0.4 is 10.6 Å². The lowest BCUT2D eigenvalue weighted by Crippen LogP contribution is -2.11. The Kier molecular flexibility index (Phi) is 4.77. The molecule has 2 aromatic carbocycles. The van der Waals surface area contributed by atoms with Crippen LogP contribution in [-0.4, -0.2) is 13.2 Å². The third-order valence-corrected chi connectivity index (χ3v) is 3.03. The Morgan fingerprint density at radius 2 is 1.86 bits per heavy atom. The number of nitrogens with one attached hydrogen (secondary N) is 2. The van der Waals surface area contributed by atoms with Crippen LogP contribution in [0.3, 0.4) is 0 Å². The molecule has 0 saturated carbocycles. The maximum Gasteiger partial charge on any atom is 0.411 e.